The van der Waals surface area contributed by atoms with E-state index >= 15 is 0 Å². The second-order valence-electron chi connectivity index (χ2n) is 5.00. The number of benzene rings is 2. The van der Waals surface area contributed by atoms with E-state index in [0.717, 1.165) is 17.9 Å². The van der Waals surface area contributed by atoms with Gasteiger partial charge in [0.1, 0.15) is 17.6 Å². The summed E-state index contributed by atoms with van der Waals surface area (Å²) in [5.74, 6) is 1.72. The largest absolute Gasteiger partial charge is 0.497 e. The zero-order valence-corrected chi connectivity index (χ0v) is 11.8. The van der Waals surface area contributed by atoms with Crippen molar-refractivity contribution in [1.82, 2.24) is 5.32 Å². The first kappa shape index (κ1) is 13.0. The van der Waals surface area contributed by atoms with Crippen LogP contribution < -0.4 is 14.8 Å². The lowest BCUT2D eigenvalue weighted by molar-refractivity contribution is 0.171. The standard InChI is InChI=1S/C17H19NO2/c1-18-17-15-6-4-3-5-12(15)11-16(17)20-14-9-7-13(19-2)8-10-14/h3-10,16-18H,11H2,1-2H3. The van der Waals surface area contributed by atoms with Crippen LogP contribution in [0.15, 0.2) is 48.5 Å². The number of hydrogen-bond acceptors (Lipinski definition) is 3. The van der Waals surface area contributed by atoms with Gasteiger partial charge in [0.2, 0.25) is 0 Å². The fourth-order valence-electron chi connectivity index (χ4n) is 2.84. The maximum absolute atomic E-state index is 6.14. The average Bonchev–Trinajstić information content (AvgIpc) is 2.85. The monoisotopic (exact) mass is 269 g/mol. The van der Waals surface area contributed by atoms with Crippen LogP contribution >= 0.6 is 0 Å². The maximum atomic E-state index is 6.14. The summed E-state index contributed by atoms with van der Waals surface area (Å²) in [4.78, 5) is 0. The highest BCUT2D eigenvalue weighted by Crippen LogP contribution is 2.34. The summed E-state index contributed by atoms with van der Waals surface area (Å²) in [5.41, 5.74) is 2.71. The van der Waals surface area contributed by atoms with Gasteiger partial charge in [-0.25, -0.2) is 0 Å². The first-order valence-corrected chi connectivity index (χ1v) is 6.87. The Bertz CT molecular complexity index is 580. The highest BCUT2D eigenvalue weighted by molar-refractivity contribution is 5.38. The van der Waals surface area contributed by atoms with Gasteiger partial charge in [0.25, 0.3) is 0 Å². The lowest BCUT2D eigenvalue weighted by Crippen LogP contribution is -2.30. The van der Waals surface area contributed by atoms with Crippen molar-refractivity contribution in [2.24, 2.45) is 0 Å². The minimum atomic E-state index is 0.130. The number of fused-ring (bicyclic) bond motifs is 1. The smallest absolute Gasteiger partial charge is 0.122 e. The Balaban J connectivity index is 1.78. The zero-order valence-electron chi connectivity index (χ0n) is 11.8. The van der Waals surface area contributed by atoms with Crippen LogP contribution in [0.25, 0.3) is 0 Å². The van der Waals surface area contributed by atoms with E-state index in [1.807, 2.05) is 31.3 Å². The van der Waals surface area contributed by atoms with Gasteiger partial charge in [0.15, 0.2) is 0 Å². The van der Waals surface area contributed by atoms with Gasteiger partial charge in [-0.3, -0.25) is 0 Å². The highest BCUT2D eigenvalue weighted by Gasteiger charge is 2.32. The molecule has 2 unspecified atom stereocenters. The number of hydrogen-bond donors (Lipinski definition) is 1. The predicted octanol–water partition coefficient (Wildman–Crippen LogP) is 2.96. The van der Waals surface area contributed by atoms with Crippen molar-refractivity contribution in [2.45, 2.75) is 18.6 Å². The molecule has 0 saturated heterocycles. The third-order valence-electron chi connectivity index (χ3n) is 3.84. The SMILES string of the molecule is CNC1c2ccccc2CC1Oc1ccc(OC)cc1. The third kappa shape index (κ3) is 2.37. The lowest BCUT2D eigenvalue weighted by atomic mass is 10.1. The maximum Gasteiger partial charge on any atom is 0.122 e. The molecule has 0 saturated carbocycles. The van der Waals surface area contributed by atoms with E-state index in [-0.39, 0.29) is 12.1 Å². The fraction of sp³-hybridized carbons (Fsp3) is 0.294. The number of ether oxygens (including phenoxy) is 2. The van der Waals surface area contributed by atoms with Crippen molar-refractivity contribution in [3.8, 4) is 11.5 Å². The quantitative estimate of drug-likeness (QED) is 0.925. The van der Waals surface area contributed by atoms with Crippen LogP contribution in [0, 0.1) is 0 Å². The van der Waals surface area contributed by atoms with E-state index in [4.69, 9.17) is 9.47 Å². The molecule has 20 heavy (non-hydrogen) atoms. The molecule has 1 aliphatic carbocycles. The molecule has 0 spiro atoms. The normalized spacial score (nSPS) is 20.5. The van der Waals surface area contributed by atoms with Gasteiger partial charge in [0.05, 0.1) is 13.2 Å². The summed E-state index contributed by atoms with van der Waals surface area (Å²) in [6.45, 7) is 0. The lowest BCUT2D eigenvalue weighted by Gasteiger charge is -2.21. The number of likely N-dealkylation sites (N-methyl/N-ethyl adjacent to an activating group) is 1. The van der Waals surface area contributed by atoms with E-state index < -0.39 is 0 Å². The van der Waals surface area contributed by atoms with E-state index in [0.29, 0.717) is 0 Å². The van der Waals surface area contributed by atoms with Crippen LogP contribution in [0.2, 0.25) is 0 Å². The summed E-state index contributed by atoms with van der Waals surface area (Å²) in [6.07, 6.45) is 1.07. The molecule has 0 aliphatic heterocycles. The Labute approximate surface area is 119 Å². The zero-order chi connectivity index (χ0) is 13.9. The Kier molecular flexibility index (Phi) is 3.61. The second-order valence-corrected chi connectivity index (χ2v) is 5.00. The topological polar surface area (TPSA) is 30.5 Å². The summed E-state index contributed by atoms with van der Waals surface area (Å²) in [7, 11) is 3.65. The summed E-state index contributed by atoms with van der Waals surface area (Å²) < 4.78 is 11.3. The van der Waals surface area contributed by atoms with Gasteiger partial charge >= 0.3 is 0 Å². The van der Waals surface area contributed by atoms with Gasteiger partial charge in [0, 0.05) is 6.42 Å². The minimum Gasteiger partial charge on any atom is -0.497 e. The Morgan fingerprint density at radius 1 is 1.00 bits per heavy atom. The van der Waals surface area contributed by atoms with Crippen LogP contribution in [0.5, 0.6) is 11.5 Å². The van der Waals surface area contributed by atoms with Crippen molar-refractivity contribution in [3.63, 3.8) is 0 Å². The van der Waals surface area contributed by atoms with Crippen molar-refractivity contribution in [3.05, 3.63) is 59.7 Å². The molecule has 3 heteroatoms. The predicted molar refractivity (Wildman–Crippen MR) is 79.4 cm³/mol. The van der Waals surface area contributed by atoms with Crippen molar-refractivity contribution in [1.29, 1.82) is 0 Å². The molecule has 3 nitrogen and oxygen atoms in total. The van der Waals surface area contributed by atoms with Crippen molar-refractivity contribution >= 4 is 0 Å². The van der Waals surface area contributed by atoms with Gasteiger partial charge in [-0.2, -0.15) is 0 Å². The van der Waals surface area contributed by atoms with Gasteiger partial charge in [-0.05, 0) is 42.4 Å². The molecule has 0 bridgehead atoms. The number of methoxy groups -OCH3 is 1. The van der Waals surface area contributed by atoms with Gasteiger partial charge < -0.3 is 14.8 Å². The molecule has 0 aromatic heterocycles. The number of nitrogens with one attached hydrogen (secondary N) is 1. The molecule has 104 valence electrons. The Morgan fingerprint density at radius 3 is 2.40 bits per heavy atom. The molecule has 2 atom stereocenters. The molecular weight excluding hydrogens is 250 g/mol. The first-order chi connectivity index (χ1) is 9.81. The Hall–Kier alpha value is -2.00. The molecule has 2 aromatic rings. The Morgan fingerprint density at radius 2 is 1.70 bits per heavy atom. The summed E-state index contributed by atoms with van der Waals surface area (Å²) in [5, 5.41) is 3.36. The molecular formula is C17H19NO2. The highest BCUT2D eigenvalue weighted by atomic mass is 16.5. The van der Waals surface area contributed by atoms with Crippen molar-refractivity contribution in [2.75, 3.05) is 14.2 Å². The van der Waals surface area contributed by atoms with Crippen LogP contribution in [0.3, 0.4) is 0 Å². The van der Waals surface area contributed by atoms with Crippen molar-refractivity contribution < 1.29 is 9.47 Å². The molecule has 0 heterocycles. The third-order valence-corrected chi connectivity index (χ3v) is 3.84. The number of rotatable bonds is 4. The van der Waals surface area contributed by atoms with Crippen LogP contribution in [-0.4, -0.2) is 20.3 Å². The summed E-state index contributed by atoms with van der Waals surface area (Å²) >= 11 is 0. The van der Waals surface area contributed by atoms with E-state index in [9.17, 15) is 0 Å². The van der Waals surface area contributed by atoms with E-state index in [1.54, 1.807) is 7.11 Å². The van der Waals surface area contributed by atoms with Gasteiger partial charge in [-0.1, -0.05) is 24.3 Å². The molecule has 2 aromatic carbocycles. The average molecular weight is 269 g/mol. The van der Waals surface area contributed by atoms with Gasteiger partial charge in [-0.15, -0.1) is 0 Å². The summed E-state index contributed by atoms with van der Waals surface area (Å²) in [6, 6.07) is 16.5. The molecule has 0 fully saturated rings. The van der Waals surface area contributed by atoms with Crippen LogP contribution in [0.4, 0.5) is 0 Å². The first-order valence-electron chi connectivity index (χ1n) is 6.87. The molecule has 3 rings (SSSR count). The molecule has 0 amide bonds. The minimum absolute atomic E-state index is 0.130. The second kappa shape index (κ2) is 5.55. The van der Waals surface area contributed by atoms with E-state index in [2.05, 4.69) is 29.6 Å². The molecule has 1 N–H and O–H groups in total. The molecule has 1 aliphatic rings. The van der Waals surface area contributed by atoms with E-state index in [1.165, 1.54) is 11.1 Å². The van der Waals surface area contributed by atoms with Crippen LogP contribution in [0.1, 0.15) is 17.2 Å². The van der Waals surface area contributed by atoms with Crippen LogP contribution in [-0.2, 0) is 6.42 Å². The molecule has 0 radical (unpaired) electrons. The fourth-order valence-corrected chi connectivity index (χ4v) is 2.84.